The van der Waals surface area contributed by atoms with Crippen molar-refractivity contribution in [2.45, 2.75) is 6.42 Å². The van der Waals surface area contributed by atoms with E-state index in [9.17, 15) is 14.0 Å². The van der Waals surface area contributed by atoms with Crippen molar-refractivity contribution < 1.29 is 14.0 Å². The van der Waals surface area contributed by atoms with Crippen LogP contribution in [0.15, 0.2) is 48.5 Å². The molecule has 0 bridgehead atoms. The van der Waals surface area contributed by atoms with Crippen LogP contribution in [0.4, 0.5) is 15.2 Å². The van der Waals surface area contributed by atoms with Crippen LogP contribution in [0.5, 0.6) is 0 Å². The molecule has 2 amide bonds. The molecule has 0 spiro atoms. The van der Waals surface area contributed by atoms with Crippen molar-refractivity contribution in [2.24, 2.45) is 5.92 Å². The first kappa shape index (κ1) is 15.7. The van der Waals surface area contributed by atoms with Crippen LogP contribution in [0, 0.1) is 11.7 Å². The number of benzene rings is 2. The summed E-state index contributed by atoms with van der Waals surface area (Å²) in [6.07, 6.45) is 0.0606. The Morgan fingerprint density at radius 1 is 1.20 bits per heavy atom. The molecule has 1 aliphatic heterocycles. The predicted octanol–water partition coefficient (Wildman–Crippen LogP) is 3.43. The van der Waals surface area contributed by atoms with E-state index in [1.165, 1.54) is 22.3 Å². The highest BCUT2D eigenvalue weighted by molar-refractivity contribution is 7.22. The first-order valence-electron chi connectivity index (χ1n) is 7.83. The van der Waals surface area contributed by atoms with Crippen molar-refractivity contribution >= 4 is 44.2 Å². The minimum Gasteiger partial charge on any atom is -0.309 e. The van der Waals surface area contributed by atoms with Crippen molar-refractivity contribution in [2.75, 3.05) is 16.8 Å². The van der Waals surface area contributed by atoms with Gasteiger partial charge < -0.3 is 10.2 Å². The number of fused-ring (bicyclic) bond motifs is 1. The molecule has 0 radical (unpaired) electrons. The number of carbonyl (C=O) groups excluding carboxylic acids is 2. The van der Waals surface area contributed by atoms with Crippen LogP contribution in [0.3, 0.4) is 0 Å². The van der Waals surface area contributed by atoms with Crippen LogP contribution >= 0.6 is 11.3 Å². The Hall–Kier alpha value is -2.80. The van der Waals surface area contributed by atoms with Crippen LogP contribution in [0.25, 0.3) is 10.2 Å². The average molecular weight is 355 g/mol. The largest absolute Gasteiger partial charge is 0.309 e. The quantitative estimate of drug-likeness (QED) is 0.783. The zero-order valence-electron chi connectivity index (χ0n) is 13.1. The summed E-state index contributed by atoms with van der Waals surface area (Å²) in [5, 5.41) is 3.28. The number of rotatable bonds is 3. The minimum atomic E-state index is -0.529. The predicted molar refractivity (Wildman–Crippen MR) is 95.1 cm³/mol. The van der Waals surface area contributed by atoms with Gasteiger partial charge in [-0.2, -0.15) is 0 Å². The molecule has 2 aromatic carbocycles. The number of halogens is 1. The third-order valence-corrected chi connectivity index (χ3v) is 5.11. The summed E-state index contributed by atoms with van der Waals surface area (Å²) in [6.45, 7) is 0.163. The average Bonchev–Trinajstić information content (AvgIpc) is 3.18. The zero-order chi connectivity index (χ0) is 17.4. The number of aromatic nitrogens is 1. The van der Waals surface area contributed by atoms with Crippen molar-refractivity contribution in [3.8, 4) is 0 Å². The van der Waals surface area contributed by atoms with Gasteiger partial charge in [0.25, 0.3) is 0 Å². The second-order valence-corrected chi connectivity index (χ2v) is 6.86. The number of amides is 2. The summed E-state index contributed by atoms with van der Waals surface area (Å²) in [6, 6.07) is 13.7. The molecule has 0 saturated carbocycles. The zero-order valence-corrected chi connectivity index (χ0v) is 13.9. The molecule has 1 atom stereocenters. The molecule has 1 aliphatic rings. The summed E-state index contributed by atoms with van der Waals surface area (Å²) in [5.74, 6) is -1.53. The van der Waals surface area contributed by atoms with E-state index in [4.69, 9.17) is 0 Å². The normalized spacial score (nSPS) is 17.2. The Morgan fingerprint density at radius 3 is 2.76 bits per heavy atom. The SMILES string of the molecule is O=C(Nc1nc2ccccc2s1)[C@H]1CC(=O)N(c2ccccc2F)C1. The lowest BCUT2D eigenvalue weighted by molar-refractivity contribution is -0.122. The first-order valence-corrected chi connectivity index (χ1v) is 8.65. The molecule has 7 heteroatoms. The number of nitrogens with zero attached hydrogens (tertiary/aromatic N) is 2. The van der Waals surface area contributed by atoms with Gasteiger partial charge in [-0.15, -0.1) is 0 Å². The van der Waals surface area contributed by atoms with Crippen molar-refractivity contribution in [1.82, 2.24) is 4.98 Å². The van der Waals surface area contributed by atoms with Gasteiger partial charge in [0.2, 0.25) is 11.8 Å². The van der Waals surface area contributed by atoms with E-state index in [1.807, 2.05) is 24.3 Å². The molecule has 5 nitrogen and oxygen atoms in total. The standard InChI is InChI=1S/C18H14FN3O2S/c19-12-5-1-3-7-14(12)22-10-11(9-16(22)23)17(24)21-18-20-13-6-2-4-8-15(13)25-18/h1-8,11H,9-10H2,(H,20,21,24)/t11-/m0/s1. The fourth-order valence-electron chi connectivity index (χ4n) is 2.92. The summed E-state index contributed by atoms with van der Waals surface area (Å²) in [7, 11) is 0. The summed E-state index contributed by atoms with van der Waals surface area (Å²) >= 11 is 1.38. The van der Waals surface area contributed by atoms with Gasteiger partial charge in [-0.25, -0.2) is 9.37 Å². The topological polar surface area (TPSA) is 62.3 Å². The van der Waals surface area contributed by atoms with Crippen LogP contribution in [0.1, 0.15) is 6.42 Å². The lowest BCUT2D eigenvalue weighted by atomic mass is 10.1. The molecular weight excluding hydrogens is 341 g/mol. The van der Waals surface area contributed by atoms with Gasteiger partial charge in [0.05, 0.1) is 21.8 Å². The lowest BCUT2D eigenvalue weighted by Crippen LogP contribution is -2.28. The number of hydrogen-bond acceptors (Lipinski definition) is 4. The molecule has 2 heterocycles. The third-order valence-electron chi connectivity index (χ3n) is 4.16. The number of hydrogen-bond donors (Lipinski definition) is 1. The summed E-state index contributed by atoms with van der Waals surface area (Å²) < 4.78 is 14.9. The maximum Gasteiger partial charge on any atom is 0.231 e. The van der Waals surface area contributed by atoms with Gasteiger partial charge in [0.15, 0.2) is 5.13 Å². The summed E-state index contributed by atoms with van der Waals surface area (Å²) in [5.41, 5.74) is 1.03. The van der Waals surface area contributed by atoms with Gasteiger partial charge in [-0.3, -0.25) is 9.59 Å². The fraction of sp³-hybridized carbons (Fsp3) is 0.167. The Morgan fingerprint density at radius 2 is 1.96 bits per heavy atom. The first-order chi connectivity index (χ1) is 12.1. The molecule has 1 fully saturated rings. The minimum absolute atomic E-state index is 0.0606. The van der Waals surface area contributed by atoms with E-state index >= 15 is 0 Å². The Bertz CT molecular complexity index is 939. The molecule has 4 rings (SSSR count). The van der Waals surface area contributed by atoms with Crippen LogP contribution in [-0.4, -0.2) is 23.3 Å². The maximum absolute atomic E-state index is 13.9. The molecule has 1 aromatic heterocycles. The van der Waals surface area contributed by atoms with Gasteiger partial charge in [-0.1, -0.05) is 35.6 Å². The van der Waals surface area contributed by atoms with Gasteiger partial charge in [-0.05, 0) is 24.3 Å². The monoisotopic (exact) mass is 355 g/mol. The molecule has 0 aliphatic carbocycles. The molecule has 0 unspecified atom stereocenters. The highest BCUT2D eigenvalue weighted by Crippen LogP contribution is 2.29. The van der Waals surface area contributed by atoms with Gasteiger partial charge in [0.1, 0.15) is 5.82 Å². The second kappa shape index (κ2) is 6.25. The van der Waals surface area contributed by atoms with Crippen molar-refractivity contribution in [3.63, 3.8) is 0 Å². The van der Waals surface area contributed by atoms with Crippen LogP contribution in [0.2, 0.25) is 0 Å². The smallest absolute Gasteiger partial charge is 0.231 e. The molecular formula is C18H14FN3O2S. The third kappa shape index (κ3) is 2.98. The maximum atomic E-state index is 13.9. The van der Waals surface area contributed by atoms with Crippen LogP contribution in [-0.2, 0) is 9.59 Å². The number of nitrogens with one attached hydrogen (secondary N) is 1. The van der Waals surface area contributed by atoms with E-state index in [2.05, 4.69) is 10.3 Å². The molecule has 25 heavy (non-hydrogen) atoms. The molecule has 1 N–H and O–H groups in total. The second-order valence-electron chi connectivity index (χ2n) is 5.83. The van der Waals surface area contributed by atoms with Gasteiger partial charge in [0, 0.05) is 13.0 Å². The Labute approximate surface area is 147 Å². The van der Waals surface area contributed by atoms with E-state index in [1.54, 1.807) is 18.2 Å². The molecule has 126 valence electrons. The number of thiazole rings is 1. The highest BCUT2D eigenvalue weighted by atomic mass is 32.1. The Balaban J connectivity index is 1.50. The lowest BCUT2D eigenvalue weighted by Gasteiger charge is -2.17. The van der Waals surface area contributed by atoms with E-state index in [0.29, 0.717) is 5.13 Å². The van der Waals surface area contributed by atoms with E-state index < -0.39 is 11.7 Å². The van der Waals surface area contributed by atoms with Crippen molar-refractivity contribution in [3.05, 3.63) is 54.3 Å². The van der Waals surface area contributed by atoms with Crippen molar-refractivity contribution in [1.29, 1.82) is 0 Å². The number of anilines is 2. The van der Waals surface area contributed by atoms with E-state index in [0.717, 1.165) is 10.2 Å². The molecule has 3 aromatic rings. The Kier molecular flexibility index (Phi) is 3.93. The summed E-state index contributed by atoms with van der Waals surface area (Å²) in [4.78, 5) is 30.4. The van der Waals surface area contributed by atoms with E-state index in [-0.39, 0.29) is 30.5 Å². The number of para-hydroxylation sites is 2. The number of carbonyl (C=O) groups is 2. The van der Waals surface area contributed by atoms with Crippen LogP contribution < -0.4 is 10.2 Å². The van der Waals surface area contributed by atoms with Gasteiger partial charge >= 0.3 is 0 Å². The fourth-order valence-corrected chi connectivity index (χ4v) is 3.79. The highest BCUT2D eigenvalue weighted by Gasteiger charge is 2.36. The molecule has 1 saturated heterocycles.